The number of nitrogens with zero attached hydrogens (tertiary/aromatic N) is 1. The van der Waals surface area contributed by atoms with Crippen molar-refractivity contribution in [2.45, 2.75) is 9.67 Å². The van der Waals surface area contributed by atoms with E-state index in [-0.39, 0.29) is 0 Å². The Labute approximate surface area is 71.0 Å². The highest BCUT2D eigenvalue weighted by atomic mass is 79.9. The average molecular weight is 224 g/mol. The van der Waals surface area contributed by atoms with Gasteiger partial charge in [-0.2, -0.15) is 0 Å². The number of alkyl halides is 1. The van der Waals surface area contributed by atoms with Crippen LogP contribution in [-0.2, 0) is 5.33 Å². The highest BCUT2D eigenvalue weighted by Crippen LogP contribution is 2.20. The van der Waals surface area contributed by atoms with Crippen LogP contribution in [0.15, 0.2) is 9.72 Å². The van der Waals surface area contributed by atoms with Gasteiger partial charge in [-0.05, 0) is 6.26 Å². The lowest BCUT2D eigenvalue weighted by molar-refractivity contribution is 1.15. The van der Waals surface area contributed by atoms with Gasteiger partial charge in [0, 0.05) is 10.7 Å². The van der Waals surface area contributed by atoms with Crippen LogP contribution in [0.4, 0.5) is 0 Å². The molecule has 0 amide bonds. The zero-order valence-corrected chi connectivity index (χ0v) is 8.15. The Balaban J connectivity index is 2.74. The maximum atomic E-state index is 4.28. The Bertz CT molecular complexity index is 168. The second-order valence-corrected chi connectivity index (χ2v) is 3.91. The molecule has 0 saturated carbocycles. The van der Waals surface area contributed by atoms with Crippen molar-refractivity contribution in [3.05, 3.63) is 11.1 Å². The zero-order chi connectivity index (χ0) is 6.69. The Kier molecular flexibility index (Phi) is 3.01. The molecule has 9 heavy (non-hydrogen) atoms. The van der Waals surface area contributed by atoms with E-state index in [9.17, 15) is 0 Å². The molecule has 0 aliphatic carbocycles. The van der Waals surface area contributed by atoms with Crippen molar-refractivity contribution in [3.63, 3.8) is 0 Å². The molecule has 1 heterocycles. The van der Waals surface area contributed by atoms with E-state index in [1.807, 2.05) is 6.26 Å². The quantitative estimate of drug-likeness (QED) is 0.566. The van der Waals surface area contributed by atoms with E-state index in [1.54, 1.807) is 23.1 Å². The van der Waals surface area contributed by atoms with Crippen molar-refractivity contribution >= 4 is 39.0 Å². The summed E-state index contributed by atoms with van der Waals surface area (Å²) >= 11 is 6.72. The number of rotatable bonds is 2. The third-order valence-corrected chi connectivity index (χ3v) is 3.33. The first-order chi connectivity index (χ1) is 4.36. The van der Waals surface area contributed by atoms with Gasteiger partial charge in [0.15, 0.2) is 0 Å². The van der Waals surface area contributed by atoms with Crippen LogP contribution in [0.25, 0.3) is 0 Å². The summed E-state index contributed by atoms with van der Waals surface area (Å²) in [5, 5.41) is 2.94. The number of hydrogen-bond donors (Lipinski definition) is 0. The normalized spacial score (nSPS) is 10.0. The van der Waals surface area contributed by atoms with Crippen LogP contribution in [0.2, 0.25) is 0 Å². The molecule has 0 spiro atoms. The maximum Gasteiger partial charge on any atom is 0.149 e. The molecular weight excluding hydrogens is 218 g/mol. The summed E-state index contributed by atoms with van der Waals surface area (Å²) in [5.74, 6) is 0. The van der Waals surface area contributed by atoms with E-state index in [0.717, 1.165) is 15.4 Å². The van der Waals surface area contributed by atoms with Crippen molar-refractivity contribution < 1.29 is 0 Å². The van der Waals surface area contributed by atoms with Gasteiger partial charge in [-0.3, -0.25) is 0 Å². The van der Waals surface area contributed by atoms with Gasteiger partial charge in [0.1, 0.15) is 4.34 Å². The molecule has 0 bridgehead atoms. The van der Waals surface area contributed by atoms with Gasteiger partial charge in [-0.25, -0.2) is 4.98 Å². The number of aromatic nitrogens is 1. The van der Waals surface area contributed by atoms with E-state index >= 15 is 0 Å². The van der Waals surface area contributed by atoms with Crippen molar-refractivity contribution in [3.8, 4) is 0 Å². The van der Waals surface area contributed by atoms with Crippen LogP contribution < -0.4 is 0 Å². The monoisotopic (exact) mass is 223 g/mol. The summed E-state index contributed by atoms with van der Waals surface area (Å²) in [6, 6.07) is 0. The van der Waals surface area contributed by atoms with Crippen LogP contribution in [-0.4, -0.2) is 11.2 Å². The summed E-state index contributed by atoms with van der Waals surface area (Å²) in [7, 11) is 0. The highest BCUT2D eigenvalue weighted by Gasteiger charge is 1.96. The Hall–Kier alpha value is 0.460. The first-order valence-electron chi connectivity index (χ1n) is 2.41. The van der Waals surface area contributed by atoms with Gasteiger partial charge in [-0.15, -0.1) is 11.3 Å². The number of hydrogen-bond acceptors (Lipinski definition) is 3. The first kappa shape index (κ1) is 7.57. The molecule has 0 atom stereocenters. The number of halogens is 1. The van der Waals surface area contributed by atoms with E-state index in [1.165, 1.54) is 0 Å². The minimum Gasteiger partial charge on any atom is -0.234 e. The molecule has 0 aromatic carbocycles. The van der Waals surface area contributed by atoms with Gasteiger partial charge >= 0.3 is 0 Å². The number of thioether (sulfide) groups is 1. The minimum absolute atomic E-state index is 0.865. The fraction of sp³-hybridized carbons (Fsp3) is 0.400. The lowest BCUT2D eigenvalue weighted by Gasteiger charge is -1.81. The van der Waals surface area contributed by atoms with E-state index in [2.05, 4.69) is 26.3 Å². The molecule has 0 fully saturated rings. The molecule has 1 aromatic heterocycles. The molecule has 0 radical (unpaired) electrons. The molecule has 1 nitrogen and oxygen atoms in total. The standard InChI is InChI=1S/C5H6BrNS2/c1-8-5-7-4(2-6)3-9-5/h3H,2H2,1H3. The molecule has 50 valence electrons. The Morgan fingerprint density at radius 3 is 3.00 bits per heavy atom. The largest absolute Gasteiger partial charge is 0.234 e. The van der Waals surface area contributed by atoms with Crippen LogP contribution in [0.1, 0.15) is 5.69 Å². The average Bonchev–Trinajstić information content (AvgIpc) is 2.34. The van der Waals surface area contributed by atoms with Crippen molar-refractivity contribution in [2.75, 3.05) is 6.26 Å². The summed E-state index contributed by atoms with van der Waals surface area (Å²) in [5.41, 5.74) is 1.13. The molecule has 1 rings (SSSR count). The fourth-order valence-electron chi connectivity index (χ4n) is 0.444. The molecular formula is C5H6BrNS2. The summed E-state index contributed by atoms with van der Waals surface area (Å²) < 4.78 is 1.14. The third kappa shape index (κ3) is 1.95. The first-order valence-corrected chi connectivity index (χ1v) is 5.63. The van der Waals surface area contributed by atoms with Gasteiger partial charge in [0.2, 0.25) is 0 Å². The van der Waals surface area contributed by atoms with Crippen LogP contribution >= 0.6 is 39.0 Å². The third-order valence-electron chi connectivity index (χ3n) is 0.842. The predicted molar refractivity (Wildman–Crippen MR) is 46.5 cm³/mol. The Morgan fingerprint density at radius 1 is 1.89 bits per heavy atom. The molecule has 1 aromatic rings. The molecule has 0 unspecified atom stereocenters. The molecule has 0 N–H and O–H groups in total. The molecule has 0 aliphatic rings. The number of thiazole rings is 1. The summed E-state index contributed by atoms with van der Waals surface area (Å²) in [6.45, 7) is 0. The SMILES string of the molecule is CSc1nc(CBr)cs1. The van der Waals surface area contributed by atoms with Crippen LogP contribution in [0.5, 0.6) is 0 Å². The molecule has 4 heteroatoms. The van der Waals surface area contributed by atoms with Gasteiger partial charge in [0.25, 0.3) is 0 Å². The molecule has 0 saturated heterocycles. The van der Waals surface area contributed by atoms with Gasteiger partial charge in [-0.1, -0.05) is 27.7 Å². The van der Waals surface area contributed by atoms with E-state index < -0.39 is 0 Å². The second-order valence-electron chi connectivity index (χ2n) is 1.44. The summed E-state index contributed by atoms with van der Waals surface area (Å²) in [4.78, 5) is 4.28. The van der Waals surface area contributed by atoms with Gasteiger partial charge < -0.3 is 0 Å². The smallest absolute Gasteiger partial charge is 0.149 e. The van der Waals surface area contributed by atoms with E-state index in [0.29, 0.717) is 0 Å². The fourth-order valence-corrected chi connectivity index (χ4v) is 2.23. The van der Waals surface area contributed by atoms with Crippen molar-refractivity contribution in [1.82, 2.24) is 4.98 Å². The predicted octanol–water partition coefficient (Wildman–Crippen LogP) is 2.76. The lowest BCUT2D eigenvalue weighted by atomic mass is 10.6. The van der Waals surface area contributed by atoms with Gasteiger partial charge in [0.05, 0.1) is 5.69 Å². The maximum absolute atomic E-state index is 4.28. The van der Waals surface area contributed by atoms with Crippen LogP contribution in [0.3, 0.4) is 0 Å². The zero-order valence-electron chi connectivity index (χ0n) is 4.93. The molecule has 0 aliphatic heterocycles. The topological polar surface area (TPSA) is 12.9 Å². The van der Waals surface area contributed by atoms with Crippen molar-refractivity contribution in [2.24, 2.45) is 0 Å². The lowest BCUT2D eigenvalue weighted by Crippen LogP contribution is -1.73. The second kappa shape index (κ2) is 3.58. The highest BCUT2D eigenvalue weighted by molar-refractivity contribution is 9.08. The summed E-state index contributed by atoms with van der Waals surface area (Å²) in [6.07, 6.45) is 2.04. The van der Waals surface area contributed by atoms with Crippen molar-refractivity contribution in [1.29, 1.82) is 0 Å². The Morgan fingerprint density at radius 2 is 2.67 bits per heavy atom. The van der Waals surface area contributed by atoms with Crippen LogP contribution in [0, 0.1) is 0 Å². The van der Waals surface area contributed by atoms with E-state index in [4.69, 9.17) is 0 Å². The minimum atomic E-state index is 0.865.